The minimum absolute atomic E-state index is 0.00320. The van der Waals surface area contributed by atoms with Crippen LogP contribution >= 0.6 is 0 Å². The zero-order valence-corrected chi connectivity index (χ0v) is 36.7. The van der Waals surface area contributed by atoms with E-state index in [-0.39, 0.29) is 48.0 Å². The second-order valence-corrected chi connectivity index (χ2v) is 19.3. The molecule has 4 atom stereocenters. The van der Waals surface area contributed by atoms with Crippen LogP contribution in [-0.4, -0.2) is 34.4 Å². The Kier molecular flexibility index (Phi) is 14.0. The number of aliphatic hydroxyl groups is 1. The molecule has 0 heterocycles. The van der Waals surface area contributed by atoms with Crippen LogP contribution in [0.2, 0.25) is 0 Å². The summed E-state index contributed by atoms with van der Waals surface area (Å²) >= 11 is 0. The highest BCUT2D eigenvalue weighted by atomic mass is 16.6. The van der Waals surface area contributed by atoms with Crippen molar-refractivity contribution < 1.29 is 38.6 Å². The van der Waals surface area contributed by atoms with Crippen molar-refractivity contribution in [1.29, 1.82) is 0 Å². The molecule has 2 fully saturated rings. The van der Waals surface area contributed by atoms with Gasteiger partial charge < -0.3 is 14.6 Å². The maximum atomic E-state index is 15.6. The molecule has 3 rings (SSSR count). The Morgan fingerprint density at radius 2 is 1.23 bits per heavy atom. The van der Waals surface area contributed by atoms with E-state index in [1.165, 1.54) is 18.2 Å². The van der Waals surface area contributed by atoms with Gasteiger partial charge in [0.2, 0.25) is 0 Å². The zero-order chi connectivity index (χ0) is 42.8. The molecule has 56 heavy (non-hydrogen) atoms. The van der Waals surface area contributed by atoms with Crippen LogP contribution in [-0.2, 0) is 24.0 Å². The van der Waals surface area contributed by atoms with Crippen LogP contribution < -0.4 is 9.47 Å². The van der Waals surface area contributed by atoms with Crippen molar-refractivity contribution in [3.8, 4) is 11.5 Å². The first-order chi connectivity index (χ1) is 25.6. The number of fused-ring (bicyclic) bond motifs is 2. The Morgan fingerprint density at radius 3 is 1.73 bits per heavy atom. The molecule has 0 aromatic heterocycles. The lowest BCUT2D eigenvalue weighted by molar-refractivity contribution is -0.178. The Bertz CT molecular complexity index is 1900. The minimum Gasteiger partial charge on any atom is -0.506 e. The summed E-state index contributed by atoms with van der Waals surface area (Å²) in [6.07, 6.45) is 10.1. The number of Topliss-reactive ketones (excluding diaryl/α,β-unsaturated/α-hetero) is 3. The molecule has 8 heteroatoms. The van der Waals surface area contributed by atoms with Crippen molar-refractivity contribution >= 4 is 35.0 Å². The van der Waals surface area contributed by atoms with Crippen LogP contribution in [0, 0.1) is 33.0 Å². The van der Waals surface area contributed by atoms with Crippen LogP contribution in [0.1, 0.15) is 148 Å². The quantitative estimate of drug-likeness (QED) is 0.0424. The number of rotatable bonds is 12. The highest BCUT2D eigenvalue weighted by molar-refractivity contribution is 6.41. The first kappa shape index (κ1) is 46.1. The lowest BCUT2D eigenvalue weighted by Gasteiger charge is -2.61. The number of ketones is 3. The molecule has 2 saturated carbocycles. The first-order valence-electron chi connectivity index (χ1n) is 19.9. The predicted molar refractivity (Wildman–Crippen MR) is 223 cm³/mol. The number of carbonyl (C=O) groups excluding carboxylic acids is 5. The number of allylic oxidation sites excluding steroid dienone is 9. The van der Waals surface area contributed by atoms with E-state index < -0.39 is 61.9 Å². The van der Waals surface area contributed by atoms with Gasteiger partial charge in [-0.25, -0.2) is 0 Å². The van der Waals surface area contributed by atoms with E-state index in [9.17, 15) is 14.7 Å². The monoisotopic (exact) mass is 770 g/mol. The van der Waals surface area contributed by atoms with Gasteiger partial charge in [-0.1, -0.05) is 53.5 Å². The normalized spacial score (nSPS) is 24.5. The molecule has 306 valence electrons. The Balaban J connectivity index is 2.52. The molecule has 2 aliphatic carbocycles. The predicted octanol–water partition coefficient (Wildman–Crippen LogP) is 11.4. The molecule has 1 aromatic carbocycles. The number of carbonyl (C=O) groups is 5. The molecule has 0 saturated heterocycles. The largest absolute Gasteiger partial charge is 0.506 e. The first-order valence-corrected chi connectivity index (χ1v) is 19.9. The fraction of sp³-hybridized carbons (Fsp3) is 0.562. The smallest absolute Gasteiger partial charge is 0.316 e. The van der Waals surface area contributed by atoms with Crippen LogP contribution in [0.4, 0.5) is 0 Å². The van der Waals surface area contributed by atoms with E-state index in [2.05, 4.69) is 12.2 Å². The van der Waals surface area contributed by atoms with Crippen molar-refractivity contribution in [2.75, 3.05) is 0 Å². The van der Waals surface area contributed by atoms with Crippen LogP contribution in [0.3, 0.4) is 0 Å². The van der Waals surface area contributed by atoms with Gasteiger partial charge in [0.1, 0.15) is 16.7 Å². The summed E-state index contributed by atoms with van der Waals surface area (Å²) in [5, 5.41) is 12.3. The van der Waals surface area contributed by atoms with E-state index in [1.807, 2.05) is 74.5 Å². The summed E-state index contributed by atoms with van der Waals surface area (Å²) in [5.74, 6) is -4.06. The van der Waals surface area contributed by atoms with Crippen molar-refractivity contribution in [3.05, 3.63) is 75.9 Å². The third-order valence-corrected chi connectivity index (χ3v) is 11.4. The second-order valence-electron chi connectivity index (χ2n) is 19.3. The fourth-order valence-corrected chi connectivity index (χ4v) is 7.78. The van der Waals surface area contributed by atoms with E-state index in [0.717, 1.165) is 22.3 Å². The van der Waals surface area contributed by atoms with Gasteiger partial charge in [-0.05, 0) is 165 Å². The lowest BCUT2D eigenvalue weighted by Crippen LogP contribution is -2.70. The van der Waals surface area contributed by atoms with Gasteiger partial charge in [0.25, 0.3) is 0 Å². The number of ether oxygens (including phenoxy) is 2. The third kappa shape index (κ3) is 9.27. The maximum absolute atomic E-state index is 15.6. The number of benzene rings is 1. The molecule has 0 aliphatic heterocycles. The molecule has 0 radical (unpaired) electrons. The van der Waals surface area contributed by atoms with E-state index in [4.69, 9.17) is 9.47 Å². The molecular weight excluding hydrogens is 705 g/mol. The van der Waals surface area contributed by atoms with Gasteiger partial charge in [0.15, 0.2) is 28.8 Å². The van der Waals surface area contributed by atoms with E-state index in [0.29, 0.717) is 19.3 Å². The molecule has 0 unspecified atom stereocenters. The standard InChI is InChI=1S/C48H66O8/c1-29(2)17-16-24-46(15)34(20-18-30(3)4)28-47(25-22-31(5)6)39(50)37(40(51)48(46,41(47)52)26-23-32(7)8)38(49)33-19-21-35(55-42(53)44(9,10)11)36(27-33)56-43(54)45(12,13)14/h17-19,21-23,27,34,49H,16,20,24-26,28H2,1-15H3/b38-37+/t34-,46+,47-,48+/m0/s1. The average Bonchev–Trinajstić information content (AvgIpc) is 3.06. The van der Waals surface area contributed by atoms with Gasteiger partial charge in [0.05, 0.1) is 16.2 Å². The van der Waals surface area contributed by atoms with Gasteiger partial charge in [-0.3, -0.25) is 24.0 Å². The van der Waals surface area contributed by atoms with Gasteiger partial charge in [0, 0.05) is 5.56 Å². The second kappa shape index (κ2) is 17.0. The molecule has 2 aliphatic rings. The summed E-state index contributed by atoms with van der Waals surface area (Å²) < 4.78 is 11.5. The minimum atomic E-state index is -1.69. The average molecular weight is 771 g/mol. The summed E-state index contributed by atoms with van der Waals surface area (Å²) in [6.45, 7) is 27.8. The highest BCUT2D eigenvalue weighted by Gasteiger charge is 2.74. The molecule has 8 nitrogen and oxygen atoms in total. The highest BCUT2D eigenvalue weighted by Crippen LogP contribution is 2.67. The summed E-state index contributed by atoms with van der Waals surface area (Å²) in [5.41, 5.74) is -2.42. The maximum Gasteiger partial charge on any atom is 0.316 e. The van der Waals surface area contributed by atoms with Crippen molar-refractivity contribution in [3.63, 3.8) is 0 Å². The Labute approximate surface area is 335 Å². The van der Waals surface area contributed by atoms with Crippen LogP contribution in [0.5, 0.6) is 11.5 Å². The SMILES string of the molecule is CC(C)=CCC[C@]1(C)[C@@H](CC=C(C)C)C[C@@]2(CC=C(C)C)C(=O)/C(=C(\O)c3ccc(OC(=O)C(C)(C)C)c(OC(=O)C(C)(C)C)c3)C(=O)[C@]1(CC=C(C)C)C2=O. The summed E-state index contributed by atoms with van der Waals surface area (Å²) in [7, 11) is 0. The molecule has 1 N–H and O–H groups in total. The van der Waals surface area contributed by atoms with Gasteiger partial charge in [-0.2, -0.15) is 0 Å². The van der Waals surface area contributed by atoms with E-state index in [1.54, 1.807) is 41.5 Å². The molecule has 0 spiro atoms. The van der Waals surface area contributed by atoms with Crippen LogP contribution in [0.25, 0.3) is 5.76 Å². The van der Waals surface area contributed by atoms with Crippen molar-refractivity contribution in [2.24, 2.45) is 33.0 Å². The third-order valence-electron chi connectivity index (χ3n) is 11.4. The summed E-state index contributed by atoms with van der Waals surface area (Å²) in [6, 6.07) is 4.11. The van der Waals surface area contributed by atoms with Crippen molar-refractivity contribution in [2.45, 2.75) is 142 Å². The molecular formula is C48H66O8. The number of hydrogen-bond acceptors (Lipinski definition) is 8. The summed E-state index contributed by atoms with van der Waals surface area (Å²) in [4.78, 5) is 72.5. The molecule has 0 amide bonds. The Hall–Kier alpha value is -4.33. The van der Waals surface area contributed by atoms with Gasteiger partial charge in [-0.15, -0.1) is 0 Å². The van der Waals surface area contributed by atoms with Crippen LogP contribution in [0.15, 0.2) is 70.4 Å². The number of esters is 2. The Morgan fingerprint density at radius 1 is 0.732 bits per heavy atom. The zero-order valence-electron chi connectivity index (χ0n) is 36.7. The van der Waals surface area contributed by atoms with Crippen molar-refractivity contribution in [1.82, 2.24) is 0 Å². The van der Waals surface area contributed by atoms with E-state index >= 15 is 14.4 Å². The molecule has 1 aromatic rings. The fourth-order valence-electron chi connectivity index (χ4n) is 7.78. The number of hydrogen-bond donors (Lipinski definition) is 1. The van der Waals surface area contributed by atoms with Gasteiger partial charge >= 0.3 is 11.9 Å². The topological polar surface area (TPSA) is 124 Å². The lowest BCUT2D eigenvalue weighted by atomic mass is 9.37. The molecule has 2 bridgehead atoms. The number of aliphatic hydroxyl groups excluding tert-OH is 1.